The standard InChI is InChI=1S/C24H29FN2O5/c1-5-14(2)21(23(28)29)26-24(30)27-11-10-16-12-19(31-3)20(32-4)13-18(16)22(27)15-6-8-17(25)9-7-15/h6-9,12-14,21-22H,5,10-11H2,1-4H3,(H,26,30)(H,28,29)/t14?,21-,22?/m0/s1. The first-order valence-corrected chi connectivity index (χ1v) is 10.6. The van der Waals surface area contributed by atoms with Crippen molar-refractivity contribution in [2.75, 3.05) is 20.8 Å². The summed E-state index contributed by atoms with van der Waals surface area (Å²) in [5, 5.41) is 12.3. The van der Waals surface area contributed by atoms with Crippen LogP contribution in [-0.4, -0.2) is 48.8 Å². The molecule has 2 unspecified atom stereocenters. The summed E-state index contributed by atoms with van der Waals surface area (Å²) in [4.78, 5) is 26.6. The maximum Gasteiger partial charge on any atom is 0.326 e. The second-order valence-corrected chi connectivity index (χ2v) is 7.95. The van der Waals surface area contributed by atoms with E-state index in [0.717, 1.165) is 11.1 Å². The highest BCUT2D eigenvalue weighted by atomic mass is 19.1. The predicted molar refractivity (Wildman–Crippen MR) is 118 cm³/mol. The van der Waals surface area contributed by atoms with E-state index in [1.54, 1.807) is 31.1 Å². The zero-order valence-electron chi connectivity index (χ0n) is 18.7. The number of nitrogens with zero attached hydrogens (tertiary/aromatic N) is 1. The third-order valence-corrected chi connectivity index (χ3v) is 6.08. The number of aliphatic carboxylic acids is 1. The molecule has 0 bridgehead atoms. The van der Waals surface area contributed by atoms with Gasteiger partial charge in [0.15, 0.2) is 11.5 Å². The van der Waals surface area contributed by atoms with Crippen molar-refractivity contribution in [1.82, 2.24) is 10.2 Å². The Morgan fingerprint density at radius 2 is 1.81 bits per heavy atom. The van der Waals surface area contributed by atoms with Crippen molar-refractivity contribution in [1.29, 1.82) is 0 Å². The van der Waals surface area contributed by atoms with Gasteiger partial charge in [0.25, 0.3) is 0 Å². The third kappa shape index (κ3) is 4.64. The number of carboxylic acid groups (broad SMARTS) is 1. The molecule has 1 aliphatic rings. The summed E-state index contributed by atoms with van der Waals surface area (Å²) < 4.78 is 24.5. The number of urea groups is 1. The number of carbonyl (C=O) groups is 2. The summed E-state index contributed by atoms with van der Waals surface area (Å²) in [6.07, 6.45) is 1.17. The van der Waals surface area contributed by atoms with E-state index in [4.69, 9.17) is 9.47 Å². The fourth-order valence-electron chi connectivity index (χ4n) is 4.07. The van der Waals surface area contributed by atoms with Gasteiger partial charge in [0.1, 0.15) is 11.9 Å². The van der Waals surface area contributed by atoms with Crippen molar-refractivity contribution in [2.24, 2.45) is 5.92 Å². The van der Waals surface area contributed by atoms with E-state index in [0.29, 0.717) is 36.4 Å². The SMILES string of the molecule is CCC(C)[C@H](NC(=O)N1CCc2cc(OC)c(OC)cc2C1c1ccc(F)cc1)C(=O)O. The number of carbonyl (C=O) groups excluding carboxylic acids is 1. The number of fused-ring (bicyclic) bond motifs is 1. The van der Waals surface area contributed by atoms with E-state index in [9.17, 15) is 19.1 Å². The minimum absolute atomic E-state index is 0.234. The minimum Gasteiger partial charge on any atom is -0.493 e. The van der Waals surface area contributed by atoms with Crippen molar-refractivity contribution in [2.45, 2.75) is 38.8 Å². The molecule has 32 heavy (non-hydrogen) atoms. The lowest BCUT2D eigenvalue weighted by atomic mass is 9.87. The first kappa shape index (κ1) is 23.4. The monoisotopic (exact) mass is 444 g/mol. The molecule has 7 nitrogen and oxygen atoms in total. The van der Waals surface area contributed by atoms with E-state index < -0.39 is 24.1 Å². The minimum atomic E-state index is -1.07. The Bertz CT molecular complexity index is 979. The summed E-state index contributed by atoms with van der Waals surface area (Å²) in [6, 6.07) is 7.65. The number of nitrogens with one attached hydrogen (secondary N) is 1. The number of hydrogen-bond donors (Lipinski definition) is 2. The molecule has 8 heteroatoms. The first-order chi connectivity index (χ1) is 15.3. The molecule has 172 valence electrons. The number of benzene rings is 2. The Labute approximate surface area is 187 Å². The predicted octanol–water partition coefficient (Wildman–Crippen LogP) is 4.00. The van der Waals surface area contributed by atoms with E-state index in [2.05, 4.69) is 5.32 Å². The van der Waals surface area contributed by atoms with Crippen LogP contribution in [0.2, 0.25) is 0 Å². The van der Waals surface area contributed by atoms with Crippen LogP contribution in [0.15, 0.2) is 36.4 Å². The Balaban J connectivity index is 2.05. The molecule has 1 heterocycles. The van der Waals surface area contributed by atoms with E-state index in [1.165, 1.54) is 19.2 Å². The number of amides is 2. The van der Waals surface area contributed by atoms with Gasteiger partial charge < -0.3 is 24.8 Å². The van der Waals surface area contributed by atoms with Crippen LogP contribution in [0, 0.1) is 11.7 Å². The normalized spacial score (nSPS) is 17.2. The molecular weight excluding hydrogens is 415 g/mol. The molecule has 2 aromatic rings. The van der Waals surface area contributed by atoms with Crippen LogP contribution in [0.5, 0.6) is 11.5 Å². The van der Waals surface area contributed by atoms with Gasteiger partial charge in [-0.2, -0.15) is 0 Å². The smallest absolute Gasteiger partial charge is 0.326 e. The maximum absolute atomic E-state index is 13.6. The fourth-order valence-corrected chi connectivity index (χ4v) is 4.07. The zero-order valence-corrected chi connectivity index (χ0v) is 18.7. The average Bonchev–Trinajstić information content (AvgIpc) is 2.80. The Hall–Kier alpha value is -3.29. The number of halogens is 1. The Morgan fingerprint density at radius 1 is 1.19 bits per heavy atom. The van der Waals surface area contributed by atoms with Crippen LogP contribution in [0.1, 0.15) is 43.0 Å². The second-order valence-electron chi connectivity index (χ2n) is 7.95. The van der Waals surface area contributed by atoms with Gasteiger partial charge in [-0.15, -0.1) is 0 Å². The molecule has 0 aromatic heterocycles. The highest BCUT2D eigenvalue weighted by Crippen LogP contribution is 2.41. The second kappa shape index (κ2) is 9.89. The molecule has 2 N–H and O–H groups in total. The lowest BCUT2D eigenvalue weighted by molar-refractivity contribution is -0.140. The van der Waals surface area contributed by atoms with Crippen molar-refractivity contribution in [3.05, 3.63) is 58.9 Å². The number of carboxylic acids is 1. The largest absolute Gasteiger partial charge is 0.493 e. The number of rotatable bonds is 7. The number of hydrogen-bond acceptors (Lipinski definition) is 4. The molecule has 3 rings (SSSR count). The topological polar surface area (TPSA) is 88.1 Å². The fraction of sp³-hybridized carbons (Fsp3) is 0.417. The summed E-state index contributed by atoms with van der Waals surface area (Å²) in [5.74, 6) is -0.582. The number of methoxy groups -OCH3 is 2. The van der Waals surface area contributed by atoms with Gasteiger partial charge in [-0.3, -0.25) is 0 Å². The molecule has 2 aromatic carbocycles. The van der Waals surface area contributed by atoms with Crippen LogP contribution in [0.3, 0.4) is 0 Å². The average molecular weight is 445 g/mol. The van der Waals surface area contributed by atoms with Crippen LogP contribution in [0.4, 0.5) is 9.18 Å². The molecule has 0 fully saturated rings. The third-order valence-electron chi connectivity index (χ3n) is 6.08. The van der Waals surface area contributed by atoms with Crippen molar-refractivity contribution < 1.29 is 28.6 Å². The molecule has 0 aliphatic carbocycles. The van der Waals surface area contributed by atoms with Gasteiger partial charge in [0.05, 0.1) is 20.3 Å². The summed E-state index contributed by atoms with van der Waals surface area (Å²) in [6.45, 7) is 4.03. The summed E-state index contributed by atoms with van der Waals surface area (Å²) in [7, 11) is 3.10. The maximum atomic E-state index is 13.6. The van der Waals surface area contributed by atoms with E-state index in [1.807, 2.05) is 19.1 Å². The van der Waals surface area contributed by atoms with Crippen LogP contribution >= 0.6 is 0 Å². The molecule has 0 spiro atoms. The molecular formula is C24H29FN2O5. The first-order valence-electron chi connectivity index (χ1n) is 10.6. The molecule has 3 atom stereocenters. The lowest BCUT2D eigenvalue weighted by Gasteiger charge is -2.39. The lowest BCUT2D eigenvalue weighted by Crippen LogP contribution is -2.53. The Morgan fingerprint density at radius 3 is 2.38 bits per heavy atom. The van der Waals surface area contributed by atoms with Crippen LogP contribution in [-0.2, 0) is 11.2 Å². The quantitative estimate of drug-likeness (QED) is 0.674. The van der Waals surface area contributed by atoms with Crippen molar-refractivity contribution in [3.63, 3.8) is 0 Å². The van der Waals surface area contributed by atoms with Crippen LogP contribution < -0.4 is 14.8 Å². The molecule has 0 saturated carbocycles. The van der Waals surface area contributed by atoms with E-state index >= 15 is 0 Å². The highest BCUT2D eigenvalue weighted by Gasteiger charge is 2.36. The van der Waals surface area contributed by atoms with Gasteiger partial charge in [0.2, 0.25) is 0 Å². The zero-order chi connectivity index (χ0) is 23.4. The van der Waals surface area contributed by atoms with Gasteiger partial charge in [-0.25, -0.2) is 14.0 Å². The van der Waals surface area contributed by atoms with Crippen LogP contribution in [0.25, 0.3) is 0 Å². The summed E-state index contributed by atoms with van der Waals surface area (Å²) in [5.41, 5.74) is 2.52. The van der Waals surface area contributed by atoms with Crippen molar-refractivity contribution >= 4 is 12.0 Å². The van der Waals surface area contributed by atoms with Crippen molar-refractivity contribution in [3.8, 4) is 11.5 Å². The summed E-state index contributed by atoms with van der Waals surface area (Å²) >= 11 is 0. The van der Waals surface area contributed by atoms with Gasteiger partial charge in [-0.1, -0.05) is 32.4 Å². The molecule has 2 amide bonds. The van der Waals surface area contributed by atoms with Gasteiger partial charge in [-0.05, 0) is 53.3 Å². The highest BCUT2D eigenvalue weighted by molar-refractivity contribution is 5.83. The number of ether oxygens (including phenoxy) is 2. The molecule has 0 saturated heterocycles. The van der Waals surface area contributed by atoms with Gasteiger partial charge in [0, 0.05) is 6.54 Å². The van der Waals surface area contributed by atoms with Gasteiger partial charge >= 0.3 is 12.0 Å². The van der Waals surface area contributed by atoms with E-state index in [-0.39, 0.29) is 11.7 Å². The molecule has 0 radical (unpaired) electrons. The Kier molecular flexibility index (Phi) is 7.22. The molecule has 1 aliphatic heterocycles.